The summed E-state index contributed by atoms with van der Waals surface area (Å²) in [6, 6.07) is 8.74. The van der Waals surface area contributed by atoms with Gasteiger partial charge in [0.15, 0.2) is 5.17 Å². The lowest BCUT2D eigenvalue weighted by Gasteiger charge is -2.58. The number of halogens is 1. The number of alkyl halides is 1. The molecule has 7 rings (SSSR count). The molecule has 9 heteroatoms. The fourth-order valence-corrected chi connectivity index (χ4v) is 7.96. The van der Waals surface area contributed by atoms with Crippen LogP contribution < -0.4 is 15.4 Å². The molecule has 0 radical (unpaired) electrons. The number of thioether (sulfide) groups is 1. The third kappa shape index (κ3) is 4.02. The number of aliphatic hydroxyl groups excluding tert-OH is 1. The molecule has 3 atom stereocenters. The number of anilines is 2. The van der Waals surface area contributed by atoms with Gasteiger partial charge >= 0.3 is 0 Å². The van der Waals surface area contributed by atoms with Crippen LogP contribution in [0.25, 0.3) is 10.8 Å². The number of hydrogen-bond acceptors (Lipinski definition) is 7. The van der Waals surface area contributed by atoms with E-state index in [0.717, 1.165) is 61.1 Å². The number of nitriles is 1. The minimum Gasteiger partial charge on any atom is -0.393 e. The lowest BCUT2D eigenvalue weighted by Crippen LogP contribution is -2.63. The van der Waals surface area contributed by atoms with Crippen LogP contribution in [0.15, 0.2) is 58.0 Å². The zero-order chi connectivity index (χ0) is 28.0. The van der Waals surface area contributed by atoms with Gasteiger partial charge in [0.05, 0.1) is 17.9 Å². The molecule has 2 saturated carbocycles. The highest BCUT2D eigenvalue weighted by Crippen LogP contribution is 2.50. The van der Waals surface area contributed by atoms with Gasteiger partial charge < -0.3 is 19.5 Å². The number of rotatable bonds is 4. The van der Waals surface area contributed by atoms with Gasteiger partial charge in [0.2, 0.25) is 0 Å². The summed E-state index contributed by atoms with van der Waals surface area (Å²) in [5, 5.41) is 21.7. The minimum absolute atomic E-state index is 0.0240. The van der Waals surface area contributed by atoms with E-state index in [1.54, 1.807) is 19.1 Å². The lowest BCUT2D eigenvalue weighted by atomic mass is 9.62. The van der Waals surface area contributed by atoms with Crippen molar-refractivity contribution in [1.29, 1.82) is 5.26 Å². The molecule has 7 nitrogen and oxygen atoms in total. The van der Waals surface area contributed by atoms with Crippen LogP contribution in [0.3, 0.4) is 0 Å². The number of benzene rings is 1. The summed E-state index contributed by atoms with van der Waals surface area (Å²) in [5.41, 5.74) is 0.875. The molecule has 1 spiro atoms. The highest BCUT2D eigenvalue weighted by Gasteiger charge is 2.52. The molecule has 2 aromatic rings. The Morgan fingerprint density at radius 1 is 1.23 bits per heavy atom. The highest BCUT2D eigenvalue weighted by molar-refractivity contribution is 8.15. The van der Waals surface area contributed by atoms with E-state index < -0.39 is 16.5 Å². The quantitative estimate of drug-likeness (QED) is 0.561. The molecule has 3 fully saturated rings. The number of amidine groups is 1. The van der Waals surface area contributed by atoms with Crippen LogP contribution in [0.2, 0.25) is 0 Å². The number of aliphatic hydroxyl groups is 1. The van der Waals surface area contributed by atoms with Crippen LogP contribution >= 0.6 is 11.8 Å². The molecular weight excluding hydrogens is 525 g/mol. The average Bonchev–Trinajstić information content (AvgIpc) is 3.66. The van der Waals surface area contributed by atoms with Crippen molar-refractivity contribution in [3.8, 4) is 6.07 Å². The predicted octanol–water partition coefficient (Wildman–Crippen LogP) is 5.10. The number of allylic oxidation sites excluding steroid dienone is 2. The Kier molecular flexibility index (Phi) is 5.62. The molecule has 1 aromatic carbocycles. The first-order valence-electron chi connectivity index (χ1n) is 14.1. The van der Waals surface area contributed by atoms with Crippen LogP contribution in [0.4, 0.5) is 15.8 Å². The van der Waals surface area contributed by atoms with Gasteiger partial charge in [-0.1, -0.05) is 23.9 Å². The van der Waals surface area contributed by atoms with Gasteiger partial charge in [-0.25, -0.2) is 9.38 Å². The van der Waals surface area contributed by atoms with E-state index >= 15 is 0 Å². The number of hydrogen-bond donors (Lipinski definition) is 1. The van der Waals surface area contributed by atoms with E-state index in [1.807, 2.05) is 47.8 Å². The maximum absolute atomic E-state index is 14.5. The van der Waals surface area contributed by atoms with Crippen LogP contribution in [0.1, 0.15) is 52.0 Å². The maximum Gasteiger partial charge on any atom is 0.258 e. The van der Waals surface area contributed by atoms with Gasteiger partial charge in [-0.05, 0) is 69.4 Å². The van der Waals surface area contributed by atoms with E-state index in [-0.39, 0.29) is 29.5 Å². The van der Waals surface area contributed by atoms with Crippen molar-refractivity contribution in [2.75, 3.05) is 29.9 Å². The van der Waals surface area contributed by atoms with Crippen LogP contribution in [-0.4, -0.2) is 57.5 Å². The molecule has 0 bridgehead atoms. The molecule has 3 unspecified atom stereocenters. The predicted molar refractivity (Wildman–Crippen MR) is 159 cm³/mol. The molecule has 0 amide bonds. The first-order chi connectivity index (χ1) is 19.0. The molecule has 40 heavy (non-hydrogen) atoms. The molecule has 3 heterocycles. The zero-order valence-corrected chi connectivity index (χ0v) is 23.9. The Morgan fingerprint density at radius 2 is 1.98 bits per heavy atom. The smallest absolute Gasteiger partial charge is 0.258 e. The second kappa shape index (κ2) is 8.70. The topological polar surface area (TPSA) is 84.9 Å². The van der Waals surface area contributed by atoms with Crippen LogP contribution in [0, 0.1) is 16.7 Å². The van der Waals surface area contributed by atoms with Crippen molar-refractivity contribution < 1.29 is 9.50 Å². The minimum atomic E-state index is -1.39. The Morgan fingerprint density at radius 3 is 2.60 bits per heavy atom. The monoisotopic (exact) mass is 559 g/mol. The fourth-order valence-electron chi connectivity index (χ4n) is 6.78. The highest BCUT2D eigenvalue weighted by atomic mass is 32.2. The van der Waals surface area contributed by atoms with E-state index in [2.05, 4.69) is 17.0 Å². The summed E-state index contributed by atoms with van der Waals surface area (Å²) in [6.45, 7) is 5.34. The van der Waals surface area contributed by atoms with Crippen molar-refractivity contribution in [3.63, 3.8) is 0 Å². The number of fused-ring (bicyclic) bond motifs is 1. The van der Waals surface area contributed by atoms with Gasteiger partial charge in [0.25, 0.3) is 5.56 Å². The van der Waals surface area contributed by atoms with Gasteiger partial charge in [-0.15, -0.1) is 0 Å². The summed E-state index contributed by atoms with van der Waals surface area (Å²) in [6.07, 6.45) is 11.0. The fraction of sp³-hybridized carbons (Fsp3) is 0.516. The molecule has 1 N–H and O–H groups in total. The maximum atomic E-state index is 14.5. The van der Waals surface area contributed by atoms with Crippen molar-refractivity contribution >= 4 is 39.1 Å². The number of aliphatic imine (C=N–C) groups is 1. The first kappa shape index (κ1) is 25.8. The van der Waals surface area contributed by atoms with Gasteiger partial charge in [0, 0.05) is 60.7 Å². The van der Waals surface area contributed by atoms with E-state index in [4.69, 9.17) is 4.99 Å². The zero-order valence-electron chi connectivity index (χ0n) is 23.1. The van der Waals surface area contributed by atoms with Crippen LogP contribution in [0.5, 0.6) is 0 Å². The SMILES string of the molecule is CN(C1=NC(C)(C2=CCC(C)(F)C=C2)C(C#N)S1)c1cn(C2CC2)c(=O)c2ccc(N3CC4(CC(O)C4)C3)cc12. The molecule has 5 aliphatic rings. The molecule has 208 valence electrons. The Hall–Kier alpha value is -3.09. The third-order valence-electron chi connectivity index (χ3n) is 9.44. The molecule has 1 saturated heterocycles. The van der Waals surface area contributed by atoms with Gasteiger partial charge in [-0.3, -0.25) is 4.79 Å². The Bertz CT molecular complexity index is 1600. The van der Waals surface area contributed by atoms with Crippen molar-refractivity contribution in [1.82, 2.24) is 4.57 Å². The summed E-state index contributed by atoms with van der Waals surface area (Å²) in [4.78, 5) is 22.9. The summed E-state index contributed by atoms with van der Waals surface area (Å²) in [7, 11) is 1.95. The number of pyridine rings is 1. The van der Waals surface area contributed by atoms with E-state index in [0.29, 0.717) is 10.6 Å². The normalized spacial score (nSPS) is 31.0. The second-order valence-electron chi connectivity index (χ2n) is 12.8. The lowest BCUT2D eigenvalue weighted by molar-refractivity contribution is -0.0491. The Labute approximate surface area is 237 Å². The molecule has 3 aliphatic carbocycles. The van der Waals surface area contributed by atoms with E-state index in [1.165, 1.54) is 11.8 Å². The molecule has 2 aliphatic heterocycles. The second-order valence-corrected chi connectivity index (χ2v) is 13.9. The largest absolute Gasteiger partial charge is 0.393 e. The van der Waals surface area contributed by atoms with E-state index in [9.17, 15) is 19.6 Å². The average molecular weight is 560 g/mol. The van der Waals surface area contributed by atoms with Crippen molar-refractivity contribution in [2.45, 2.75) is 74.6 Å². The first-order valence-corrected chi connectivity index (χ1v) is 15.0. The van der Waals surface area contributed by atoms with Crippen LogP contribution in [-0.2, 0) is 0 Å². The van der Waals surface area contributed by atoms with Gasteiger partial charge in [0.1, 0.15) is 16.5 Å². The third-order valence-corrected chi connectivity index (χ3v) is 10.8. The number of nitrogens with zero attached hydrogens (tertiary/aromatic N) is 5. The standard InChI is InChI=1S/C31H34FN5O2S/c1-29(32)10-8-19(9-11-29)30(2)26(15-33)40-28(34-30)35(3)25-16-37(20-4-5-20)27(39)23-7-6-21(12-24(23)25)36-17-31(18-36)13-22(38)14-31/h6-10,12,16,20,22,26,38H,4-5,11,13-14,17-18H2,1-3H3. The summed E-state index contributed by atoms with van der Waals surface area (Å²) in [5.74, 6) is 0. The molecular formula is C31H34FN5O2S. The van der Waals surface area contributed by atoms with Crippen molar-refractivity contribution in [2.24, 2.45) is 10.4 Å². The molecule has 1 aromatic heterocycles. The number of aromatic nitrogens is 1. The Balaban J connectivity index is 1.27. The summed E-state index contributed by atoms with van der Waals surface area (Å²) < 4.78 is 16.3. The van der Waals surface area contributed by atoms with Crippen molar-refractivity contribution in [3.05, 3.63) is 58.6 Å². The summed E-state index contributed by atoms with van der Waals surface area (Å²) >= 11 is 1.42. The van der Waals surface area contributed by atoms with Gasteiger partial charge in [-0.2, -0.15) is 5.26 Å².